The third kappa shape index (κ3) is 2.69. The fourth-order valence-corrected chi connectivity index (χ4v) is 3.10. The maximum absolute atomic E-state index is 12.4. The highest BCUT2D eigenvalue weighted by molar-refractivity contribution is 9.11. The molecule has 0 saturated heterocycles. The van der Waals surface area contributed by atoms with Gasteiger partial charge in [0.05, 0.1) is 0 Å². The Morgan fingerprint density at radius 2 is 1.60 bits per heavy atom. The van der Waals surface area contributed by atoms with Crippen LogP contribution in [-0.2, 0) is 14.1 Å². The van der Waals surface area contributed by atoms with Crippen molar-refractivity contribution in [2.45, 2.75) is 0 Å². The smallest absolute Gasteiger partial charge is 0.303 e. The molecule has 0 unspecified atom stereocenters. The van der Waals surface area contributed by atoms with Crippen LogP contribution >= 0.6 is 31.9 Å². The molecule has 0 aliphatic rings. The van der Waals surface area contributed by atoms with Crippen LogP contribution < -0.4 is 11.2 Å². The van der Waals surface area contributed by atoms with Gasteiger partial charge in [0.15, 0.2) is 5.78 Å². The number of aryl methyl sites for hydroxylation is 1. The Labute approximate surface area is 131 Å². The number of ketones is 1. The molecule has 1 aromatic carbocycles. The van der Waals surface area contributed by atoms with Crippen molar-refractivity contribution in [1.82, 2.24) is 9.13 Å². The molecular formula is C13H10Br2N2O3. The molecule has 20 heavy (non-hydrogen) atoms. The summed E-state index contributed by atoms with van der Waals surface area (Å²) in [5, 5.41) is 0. The van der Waals surface area contributed by atoms with E-state index in [2.05, 4.69) is 31.9 Å². The molecule has 0 fully saturated rings. The maximum Gasteiger partial charge on any atom is 0.330 e. The monoisotopic (exact) mass is 400 g/mol. The Kier molecular flexibility index (Phi) is 4.10. The van der Waals surface area contributed by atoms with Crippen molar-refractivity contribution in [3.05, 3.63) is 65.3 Å². The van der Waals surface area contributed by atoms with Crippen LogP contribution in [0, 0.1) is 0 Å². The van der Waals surface area contributed by atoms with E-state index < -0.39 is 17.0 Å². The third-order valence-corrected chi connectivity index (χ3v) is 3.73. The number of benzene rings is 1. The van der Waals surface area contributed by atoms with Crippen LogP contribution in [-0.4, -0.2) is 14.9 Å². The second-order valence-electron chi connectivity index (χ2n) is 4.29. The summed E-state index contributed by atoms with van der Waals surface area (Å²) in [7, 11) is 2.84. The Morgan fingerprint density at radius 1 is 1.05 bits per heavy atom. The summed E-state index contributed by atoms with van der Waals surface area (Å²) in [4.78, 5) is 36.1. The van der Waals surface area contributed by atoms with Gasteiger partial charge in [0.25, 0.3) is 5.56 Å². The summed E-state index contributed by atoms with van der Waals surface area (Å²) >= 11 is 6.58. The predicted molar refractivity (Wildman–Crippen MR) is 82.2 cm³/mol. The van der Waals surface area contributed by atoms with Crippen molar-refractivity contribution in [3.63, 3.8) is 0 Å². The van der Waals surface area contributed by atoms with E-state index in [0.717, 1.165) is 13.5 Å². The molecule has 7 heteroatoms. The Balaban J connectivity index is 2.66. The molecule has 2 rings (SSSR count). The van der Waals surface area contributed by atoms with Crippen LogP contribution in [0.3, 0.4) is 0 Å². The number of hydrogen-bond donors (Lipinski definition) is 0. The molecule has 0 saturated carbocycles. The van der Waals surface area contributed by atoms with E-state index in [1.807, 2.05) is 0 Å². The first-order valence-corrected chi connectivity index (χ1v) is 7.17. The minimum absolute atomic E-state index is 0.0420. The molecule has 2 aromatic rings. The van der Waals surface area contributed by atoms with E-state index in [9.17, 15) is 14.4 Å². The highest BCUT2D eigenvalue weighted by Crippen LogP contribution is 2.21. The first-order chi connectivity index (χ1) is 9.31. The molecule has 0 atom stereocenters. The van der Waals surface area contributed by atoms with Gasteiger partial charge in [0.2, 0.25) is 0 Å². The quantitative estimate of drug-likeness (QED) is 0.721. The summed E-state index contributed by atoms with van der Waals surface area (Å²) in [6, 6.07) is 5.03. The number of halogens is 2. The molecule has 0 aliphatic carbocycles. The van der Waals surface area contributed by atoms with Gasteiger partial charge in [-0.05, 0) is 18.2 Å². The Hall–Kier alpha value is -1.47. The number of carbonyl (C=O) groups excluding carboxylic acids is 1. The van der Waals surface area contributed by atoms with E-state index in [1.165, 1.54) is 24.9 Å². The second kappa shape index (κ2) is 5.49. The average molecular weight is 402 g/mol. The number of aromatic nitrogens is 2. The van der Waals surface area contributed by atoms with Gasteiger partial charge in [-0.1, -0.05) is 31.9 Å². The Morgan fingerprint density at radius 3 is 2.15 bits per heavy atom. The number of rotatable bonds is 2. The number of hydrogen-bond acceptors (Lipinski definition) is 3. The van der Waals surface area contributed by atoms with Crippen molar-refractivity contribution in [1.29, 1.82) is 0 Å². The molecule has 104 valence electrons. The third-order valence-electron chi connectivity index (χ3n) is 2.82. The van der Waals surface area contributed by atoms with Crippen molar-refractivity contribution < 1.29 is 4.79 Å². The van der Waals surface area contributed by atoms with Gasteiger partial charge in [-0.2, -0.15) is 0 Å². The average Bonchev–Trinajstić information content (AvgIpc) is 2.38. The lowest BCUT2D eigenvalue weighted by molar-refractivity contribution is 0.103. The number of nitrogens with zero attached hydrogens (tertiary/aromatic N) is 2. The van der Waals surface area contributed by atoms with Gasteiger partial charge in [-0.25, -0.2) is 4.79 Å². The van der Waals surface area contributed by atoms with Gasteiger partial charge < -0.3 is 4.57 Å². The zero-order valence-electron chi connectivity index (χ0n) is 10.7. The highest BCUT2D eigenvalue weighted by Gasteiger charge is 2.17. The van der Waals surface area contributed by atoms with Gasteiger partial charge in [-0.3, -0.25) is 14.2 Å². The molecule has 0 aliphatic heterocycles. The van der Waals surface area contributed by atoms with Crippen LogP contribution in [0.25, 0.3) is 0 Å². The SMILES string of the molecule is Cn1cc(C(=O)c2cc(Br)cc(Br)c2)c(=O)n(C)c1=O. The molecule has 1 heterocycles. The lowest BCUT2D eigenvalue weighted by Crippen LogP contribution is -2.39. The molecule has 0 radical (unpaired) electrons. The van der Waals surface area contributed by atoms with Gasteiger partial charge >= 0.3 is 5.69 Å². The lowest BCUT2D eigenvalue weighted by Gasteiger charge is -2.07. The summed E-state index contributed by atoms with van der Waals surface area (Å²) in [5.74, 6) is -0.428. The fourth-order valence-electron chi connectivity index (χ4n) is 1.80. The molecule has 0 amide bonds. The zero-order chi connectivity index (χ0) is 15.0. The van der Waals surface area contributed by atoms with Crippen LogP contribution in [0.1, 0.15) is 15.9 Å². The molecule has 0 spiro atoms. The summed E-state index contributed by atoms with van der Waals surface area (Å²) in [6.07, 6.45) is 1.27. The van der Waals surface area contributed by atoms with Crippen LogP contribution in [0.5, 0.6) is 0 Å². The summed E-state index contributed by atoms with van der Waals surface area (Å²) in [5.41, 5.74) is -0.752. The molecule has 0 N–H and O–H groups in total. The van der Waals surface area contributed by atoms with E-state index in [-0.39, 0.29) is 5.56 Å². The maximum atomic E-state index is 12.4. The minimum Gasteiger partial charge on any atom is -0.303 e. The summed E-state index contributed by atoms with van der Waals surface area (Å²) < 4.78 is 3.57. The van der Waals surface area contributed by atoms with Gasteiger partial charge in [0.1, 0.15) is 5.56 Å². The van der Waals surface area contributed by atoms with E-state index in [4.69, 9.17) is 0 Å². The van der Waals surface area contributed by atoms with Crippen molar-refractivity contribution in [2.75, 3.05) is 0 Å². The van der Waals surface area contributed by atoms with E-state index in [0.29, 0.717) is 5.56 Å². The second-order valence-corrected chi connectivity index (χ2v) is 6.12. The van der Waals surface area contributed by atoms with Gasteiger partial charge in [0, 0.05) is 34.8 Å². The van der Waals surface area contributed by atoms with E-state index >= 15 is 0 Å². The standard InChI is InChI=1S/C13H10Br2N2O3/c1-16-6-10(12(19)17(2)13(16)20)11(18)7-3-8(14)5-9(15)4-7/h3-6H,1-2H3. The largest absolute Gasteiger partial charge is 0.330 e. The van der Waals surface area contributed by atoms with Crippen LogP contribution in [0.15, 0.2) is 42.9 Å². The lowest BCUT2D eigenvalue weighted by atomic mass is 10.1. The number of carbonyl (C=O) groups is 1. The summed E-state index contributed by atoms with van der Waals surface area (Å²) in [6.45, 7) is 0. The minimum atomic E-state index is -0.603. The topological polar surface area (TPSA) is 61.1 Å². The predicted octanol–water partition coefficient (Wildman–Crippen LogP) is 1.84. The molecule has 5 nitrogen and oxygen atoms in total. The normalized spacial score (nSPS) is 10.6. The van der Waals surface area contributed by atoms with E-state index in [1.54, 1.807) is 18.2 Å². The van der Waals surface area contributed by atoms with Crippen molar-refractivity contribution in [2.24, 2.45) is 14.1 Å². The first kappa shape index (κ1) is 14.9. The first-order valence-electron chi connectivity index (χ1n) is 5.58. The molecular weight excluding hydrogens is 392 g/mol. The molecule has 1 aromatic heterocycles. The van der Waals surface area contributed by atoms with Crippen molar-refractivity contribution in [3.8, 4) is 0 Å². The van der Waals surface area contributed by atoms with Gasteiger partial charge in [-0.15, -0.1) is 0 Å². The Bertz CT molecular complexity index is 801. The van der Waals surface area contributed by atoms with Crippen LogP contribution in [0.4, 0.5) is 0 Å². The fraction of sp³-hybridized carbons (Fsp3) is 0.154. The van der Waals surface area contributed by atoms with Crippen molar-refractivity contribution >= 4 is 37.6 Å². The molecule has 0 bridgehead atoms. The highest BCUT2D eigenvalue weighted by atomic mass is 79.9. The zero-order valence-corrected chi connectivity index (χ0v) is 13.9. The van der Waals surface area contributed by atoms with Crippen LogP contribution in [0.2, 0.25) is 0 Å².